The van der Waals surface area contributed by atoms with Gasteiger partial charge in [0.25, 0.3) is 0 Å². The first-order valence-electron chi connectivity index (χ1n) is 10.5. The van der Waals surface area contributed by atoms with Gasteiger partial charge in [0, 0.05) is 42.5 Å². The lowest BCUT2D eigenvalue weighted by molar-refractivity contribution is 0.165. The molecule has 4 heteroatoms. The summed E-state index contributed by atoms with van der Waals surface area (Å²) >= 11 is 0. The molecule has 0 saturated carbocycles. The Labute approximate surface area is 168 Å². The lowest BCUT2D eigenvalue weighted by Gasteiger charge is -2.38. The van der Waals surface area contributed by atoms with Crippen LogP contribution in [-0.2, 0) is 12.8 Å². The number of nitrogens with one attached hydrogen (secondary N) is 1. The maximum atomic E-state index is 5.41. The van der Waals surface area contributed by atoms with Crippen molar-refractivity contribution in [2.75, 3.05) is 32.6 Å². The number of anilines is 1. The molecule has 0 radical (unpaired) electrons. The van der Waals surface area contributed by atoms with Gasteiger partial charge in [-0.25, -0.2) is 0 Å². The molecule has 0 spiro atoms. The van der Waals surface area contributed by atoms with Crippen LogP contribution in [0, 0.1) is 0 Å². The van der Waals surface area contributed by atoms with Gasteiger partial charge in [0.2, 0.25) is 0 Å². The summed E-state index contributed by atoms with van der Waals surface area (Å²) in [6.45, 7) is 4.57. The van der Waals surface area contributed by atoms with E-state index in [-0.39, 0.29) is 0 Å². The van der Waals surface area contributed by atoms with Gasteiger partial charge in [-0.05, 0) is 62.3 Å². The highest BCUT2D eigenvalue weighted by atomic mass is 16.5. The van der Waals surface area contributed by atoms with Gasteiger partial charge in [0.15, 0.2) is 0 Å². The highest BCUT2D eigenvalue weighted by Crippen LogP contribution is 2.31. The first-order chi connectivity index (χ1) is 13.7. The molecule has 4 rings (SSSR count). The van der Waals surface area contributed by atoms with Crippen LogP contribution >= 0.6 is 0 Å². The van der Waals surface area contributed by atoms with Crippen molar-refractivity contribution in [1.29, 1.82) is 0 Å². The summed E-state index contributed by atoms with van der Waals surface area (Å²) in [6.07, 6.45) is 6.22. The molecule has 1 aliphatic heterocycles. The number of methoxy groups -OCH3 is 2. The molecule has 1 saturated heterocycles. The molecule has 1 heterocycles. The van der Waals surface area contributed by atoms with E-state index in [0.29, 0.717) is 12.1 Å². The summed E-state index contributed by atoms with van der Waals surface area (Å²) < 4.78 is 10.8. The van der Waals surface area contributed by atoms with Gasteiger partial charge in [-0.2, -0.15) is 0 Å². The topological polar surface area (TPSA) is 33.7 Å². The summed E-state index contributed by atoms with van der Waals surface area (Å²) in [4.78, 5) is 2.62. The van der Waals surface area contributed by atoms with Crippen molar-refractivity contribution in [1.82, 2.24) is 4.90 Å². The Balaban J connectivity index is 1.44. The largest absolute Gasteiger partial charge is 0.497 e. The normalized spacial score (nSPS) is 20.5. The molecule has 2 aromatic rings. The number of rotatable bonds is 6. The van der Waals surface area contributed by atoms with Gasteiger partial charge >= 0.3 is 0 Å². The monoisotopic (exact) mass is 380 g/mol. The second-order valence-electron chi connectivity index (χ2n) is 8.14. The van der Waals surface area contributed by atoms with E-state index in [1.165, 1.54) is 37.7 Å². The Morgan fingerprint density at radius 1 is 0.964 bits per heavy atom. The molecule has 2 aromatic carbocycles. The number of piperidine rings is 1. The fraction of sp³-hybridized carbons (Fsp3) is 0.500. The van der Waals surface area contributed by atoms with Gasteiger partial charge in [0.1, 0.15) is 11.5 Å². The molecule has 2 aliphatic rings. The molecule has 4 nitrogen and oxygen atoms in total. The molecule has 0 amide bonds. The van der Waals surface area contributed by atoms with Crippen molar-refractivity contribution < 1.29 is 9.47 Å². The quantitative estimate of drug-likeness (QED) is 0.778. The van der Waals surface area contributed by atoms with Crippen LogP contribution in [0.5, 0.6) is 11.5 Å². The minimum atomic E-state index is 0.433. The number of hydrogen-bond acceptors (Lipinski definition) is 4. The lowest BCUT2D eigenvalue weighted by atomic mass is 9.97. The summed E-state index contributed by atoms with van der Waals surface area (Å²) in [5.41, 5.74) is 5.65. The molecule has 28 heavy (non-hydrogen) atoms. The van der Waals surface area contributed by atoms with Gasteiger partial charge in [-0.1, -0.05) is 18.2 Å². The van der Waals surface area contributed by atoms with E-state index >= 15 is 0 Å². The highest BCUT2D eigenvalue weighted by molar-refractivity contribution is 5.54. The number of nitrogens with zero attached hydrogens (tertiary/aromatic N) is 1. The second kappa shape index (κ2) is 8.44. The molecule has 1 N–H and O–H groups in total. The molecular formula is C24H32N2O2. The van der Waals surface area contributed by atoms with Crippen LogP contribution in [0.25, 0.3) is 0 Å². The Hall–Kier alpha value is -2.20. The summed E-state index contributed by atoms with van der Waals surface area (Å²) in [5, 5.41) is 3.71. The Kier molecular flexibility index (Phi) is 5.77. The zero-order valence-corrected chi connectivity index (χ0v) is 17.3. The fourth-order valence-corrected chi connectivity index (χ4v) is 4.66. The standard InChI is InChI=1S/C24H32N2O2/c1-17(19-10-9-18-6-4-7-20(18)12-19)26-11-5-8-21(16-26)25-22-13-23(27-2)15-24(14-22)28-3/h9-10,12-15,17,21,25H,4-8,11,16H2,1-3H3. The first-order valence-corrected chi connectivity index (χ1v) is 10.5. The third-order valence-corrected chi connectivity index (χ3v) is 6.33. The Bertz CT molecular complexity index is 798. The Morgan fingerprint density at radius 2 is 1.71 bits per heavy atom. The van der Waals surface area contributed by atoms with E-state index in [1.54, 1.807) is 25.3 Å². The van der Waals surface area contributed by atoms with Gasteiger partial charge in [-0.15, -0.1) is 0 Å². The van der Waals surface area contributed by atoms with Gasteiger partial charge < -0.3 is 14.8 Å². The SMILES string of the molecule is COc1cc(NC2CCCN(C(C)c3ccc4c(c3)CCC4)C2)cc(OC)c1. The lowest BCUT2D eigenvalue weighted by Crippen LogP contribution is -2.43. The molecule has 0 bridgehead atoms. The number of aryl methyl sites for hydroxylation is 2. The van der Waals surface area contributed by atoms with Crippen LogP contribution in [0.15, 0.2) is 36.4 Å². The molecule has 2 unspecified atom stereocenters. The van der Waals surface area contributed by atoms with Crippen LogP contribution in [0.2, 0.25) is 0 Å². The number of ether oxygens (including phenoxy) is 2. The van der Waals surface area contributed by atoms with Crippen LogP contribution in [0.1, 0.15) is 48.9 Å². The molecule has 150 valence electrons. The van der Waals surface area contributed by atoms with Crippen molar-refractivity contribution in [3.63, 3.8) is 0 Å². The average Bonchev–Trinajstić information content (AvgIpc) is 3.21. The zero-order valence-electron chi connectivity index (χ0n) is 17.3. The number of hydrogen-bond donors (Lipinski definition) is 1. The molecule has 0 aromatic heterocycles. The minimum absolute atomic E-state index is 0.433. The average molecular weight is 381 g/mol. The van der Waals surface area contributed by atoms with Crippen LogP contribution in [0.4, 0.5) is 5.69 Å². The number of likely N-dealkylation sites (tertiary alicyclic amines) is 1. The van der Waals surface area contributed by atoms with Crippen molar-refractivity contribution in [3.05, 3.63) is 53.1 Å². The smallest absolute Gasteiger partial charge is 0.124 e. The van der Waals surface area contributed by atoms with Gasteiger partial charge in [-0.3, -0.25) is 4.90 Å². The second-order valence-corrected chi connectivity index (χ2v) is 8.14. The fourth-order valence-electron chi connectivity index (χ4n) is 4.66. The van der Waals surface area contributed by atoms with Crippen molar-refractivity contribution in [3.8, 4) is 11.5 Å². The molecule has 1 aliphatic carbocycles. The first kappa shape index (κ1) is 19.1. The van der Waals surface area contributed by atoms with Crippen LogP contribution in [-0.4, -0.2) is 38.3 Å². The van der Waals surface area contributed by atoms with Crippen molar-refractivity contribution in [2.45, 2.75) is 51.1 Å². The van der Waals surface area contributed by atoms with E-state index in [0.717, 1.165) is 30.3 Å². The zero-order chi connectivity index (χ0) is 19.5. The van der Waals surface area contributed by atoms with Crippen LogP contribution in [0.3, 0.4) is 0 Å². The predicted octanol–water partition coefficient (Wildman–Crippen LogP) is 4.83. The summed E-state index contributed by atoms with van der Waals surface area (Å²) in [5.74, 6) is 1.64. The van der Waals surface area contributed by atoms with E-state index in [4.69, 9.17) is 9.47 Å². The van der Waals surface area contributed by atoms with Crippen LogP contribution < -0.4 is 14.8 Å². The third kappa shape index (κ3) is 4.12. The van der Waals surface area contributed by atoms with Gasteiger partial charge in [0.05, 0.1) is 14.2 Å². The van der Waals surface area contributed by atoms with Crippen molar-refractivity contribution >= 4 is 5.69 Å². The predicted molar refractivity (Wildman–Crippen MR) is 115 cm³/mol. The maximum Gasteiger partial charge on any atom is 0.124 e. The van der Waals surface area contributed by atoms with Crippen molar-refractivity contribution in [2.24, 2.45) is 0 Å². The molecule has 2 atom stereocenters. The summed E-state index contributed by atoms with van der Waals surface area (Å²) in [7, 11) is 3.39. The minimum Gasteiger partial charge on any atom is -0.497 e. The third-order valence-electron chi connectivity index (χ3n) is 6.33. The summed E-state index contributed by atoms with van der Waals surface area (Å²) in [6, 6.07) is 14.1. The van der Waals surface area contributed by atoms with E-state index in [1.807, 2.05) is 18.2 Å². The molecular weight excluding hydrogens is 348 g/mol. The number of benzene rings is 2. The van der Waals surface area contributed by atoms with E-state index < -0.39 is 0 Å². The van der Waals surface area contributed by atoms with E-state index in [2.05, 4.69) is 35.3 Å². The maximum absolute atomic E-state index is 5.41. The Morgan fingerprint density at radius 3 is 2.46 bits per heavy atom. The highest BCUT2D eigenvalue weighted by Gasteiger charge is 2.25. The van der Waals surface area contributed by atoms with E-state index in [9.17, 15) is 0 Å². The number of fused-ring (bicyclic) bond motifs is 1. The molecule has 1 fully saturated rings.